The Labute approximate surface area is 175 Å². The van der Waals surface area contributed by atoms with E-state index in [1.165, 1.54) is 10.5 Å². The van der Waals surface area contributed by atoms with Gasteiger partial charge in [-0.05, 0) is 29.8 Å². The van der Waals surface area contributed by atoms with Crippen molar-refractivity contribution in [1.82, 2.24) is 0 Å². The summed E-state index contributed by atoms with van der Waals surface area (Å²) >= 11 is 0. The molecule has 2 aromatic carbocycles. The molecule has 0 saturated carbocycles. The van der Waals surface area contributed by atoms with E-state index in [0.29, 0.717) is 12.4 Å². The fourth-order valence-electron chi connectivity index (χ4n) is 4.20. The van der Waals surface area contributed by atoms with Gasteiger partial charge in [0.15, 0.2) is 11.5 Å². The summed E-state index contributed by atoms with van der Waals surface area (Å²) in [6.45, 7) is 5.14. The molecule has 2 N–H and O–H groups in total. The van der Waals surface area contributed by atoms with Gasteiger partial charge in [0.1, 0.15) is 44.4 Å². The Balaban J connectivity index is 1.26. The Kier molecular flexibility index (Phi) is 4.96. The van der Waals surface area contributed by atoms with Gasteiger partial charge in [-0.15, -0.1) is 0 Å². The quantitative estimate of drug-likeness (QED) is 0.724. The number of aromatic nitrogens is 1. The van der Waals surface area contributed by atoms with Gasteiger partial charge >= 0.3 is 0 Å². The summed E-state index contributed by atoms with van der Waals surface area (Å²) in [7, 11) is 0. The summed E-state index contributed by atoms with van der Waals surface area (Å²) in [5.74, 6) is 2.59. The van der Waals surface area contributed by atoms with E-state index in [1.54, 1.807) is 0 Å². The molecular formula is C24H24N4O2+2. The Morgan fingerprint density at radius 3 is 2.57 bits per heavy atom. The SMILES string of the molecule is N#Cc1cc(-c2ccccc2)c[nH+]c1N1CC[NH+](Cc2ccc3c(c2)OCO3)CC1. The molecule has 0 amide bonds. The van der Waals surface area contributed by atoms with Crippen LogP contribution < -0.4 is 24.3 Å². The molecule has 0 atom stereocenters. The van der Waals surface area contributed by atoms with E-state index in [9.17, 15) is 5.26 Å². The monoisotopic (exact) mass is 400 g/mol. The fraction of sp³-hybridized carbons (Fsp3) is 0.250. The smallest absolute Gasteiger partial charge is 0.292 e. The summed E-state index contributed by atoms with van der Waals surface area (Å²) in [4.78, 5) is 7.20. The Bertz CT molecular complexity index is 1090. The van der Waals surface area contributed by atoms with E-state index in [1.807, 2.05) is 36.5 Å². The van der Waals surface area contributed by atoms with Crippen LogP contribution in [0.15, 0.2) is 60.8 Å². The van der Waals surface area contributed by atoms with Gasteiger partial charge < -0.3 is 14.4 Å². The van der Waals surface area contributed by atoms with Crippen molar-refractivity contribution in [1.29, 1.82) is 5.26 Å². The molecule has 3 heterocycles. The number of rotatable bonds is 4. The molecule has 3 aromatic rings. The largest absolute Gasteiger partial charge is 0.454 e. The van der Waals surface area contributed by atoms with Crippen LogP contribution in [0, 0.1) is 11.3 Å². The molecule has 6 nitrogen and oxygen atoms in total. The zero-order chi connectivity index (χ0) is 20.3. The molecule has 1 saturated heterocycles. The lowest BCUT2D eigenvalue weighted by Crippen LogP contribution is -3.13. The minimum absolute atomic E-state index is 0.311. The van der Waals surface area contributed by atoms with Crippen LogP contribution in [0.4, 0.5) is 5.82 Å². The molecule has 0 spiro atoms. The van der Waals surface area contributed by atoms with Crippen molar-refractivity contribution >= 4 is 5.82 Å². The molecule has 150 valence electrons. The number of fused-ring (bicyclic) bond motifs is 1. The fourth-order valence-corrected chi connectivity index (χ4v) is 4.20. The van der Waals surface area contributed by atoms with Crippen molar-refractivity contribution in [3.05, 3.63) is 71.9 Å². The van der Waals surface area contributed by atoms with E-state index < -0.39 is 0 Å². The summed E-state index contributed by atoms with van der Waals surface area (Å²) in [6, 6.07) is 20.7. The second-order valence-electron chi connectivity index (χ2n) is 7.73. The predicted octanol–water partition coefficient (Wildman–Crippen LogP) is 1.67. The highest BCUT2D eigenvalue weighted by Crippen LogP contribution is 2.32. The van der Waals surface area contributed by atoms with E-state index >= 15 is 0 Å². The van der Waals surface area contributed by atoms with Crippen molar-refractivity contribution < 1.29 is 19.4 Å². The topological polar surface area (TPSA) is 64.1 Å². The minimum atomic E-state index is 0.311. The minimum Gasteiger partial charge on any atom is -0.454 e. The molecule has 6 heteroatoms. The predicted molar refractivity (Wildman–Crippen MR) is 112 cm³/mol. The highest BCUT2D eigenvalue weighted by atomic mass is 16.7. The van der Waals surface area contributed by atoms with Crippen LogP contribution in [-0.2, 0) is 6.54 Å². The average molecular weight is 400 g/mol. The summed E-state index contributed by atoms with van der Waals surface area (Å²) in [5, 5.41) is 9.72. The number of quaternary nitrogens is 1. The number of ether oxygens (including phenoxy) is 2. The second kappa shape index (κ2) is 8.05. The molecule has 30 heavy (non-hydrogen) atoms. The van der Waals surface area contributed by atoms with Crippen molar-refractivity contribution in [2.45, 2.75) is 6.54 Å². The highest BCUT2D eigenvalue weighted by Gasteiger charge is 2.29. The number of nitriles is 1. The lowest BCUT2D eigenvalue weighted by atomic mass is 10.1. The Hall–Kier alpha value is -3.56. The van der Waals surface area contributed by atoms with Crippen LogP contribution in [0.5, 0.6) is 11.5 Å². The maximum absolute atomic E-state index is 9.72. The van der Waals surface area contributed by atoms with Gasteiger partial charge in [-0.2, -0.15) is 5.26 Å². The Morgan fingerprint density at radius 2 is 1.77 bits per heavy atom. The normalized spacial score (nSPS) is 15.8. The van der Waals surface area contributed by atoms with Gasteiger partial charge in [-0.1, -0.05) is 30.3 Å². The molecule has 0 radical (unpaired) electrons. The van der Waals surface area contributed by atoms with Crippen molar-refractivity contribution in [2.24, 2.45) is 0 Å². The van der Waals surface area contributed by atoms with Gasteiger partial charge in [-0.25, -0.2) is 9.88 Å². The van der Waals surface area contributed by atoms with E-state index in [0.717, 1.165) is 61.2 Å². The van der Waals surface area contributed by atoms with Gasteiger partial charge in [-0.3, -0.25) is 0 Å². The molecule has 5 rings (SSSR count). The first-order chi connectivity index (χ1) is 14.8. The van der Waals surface area contributed by atoms with Gasteiger partial charge in [0, 0.05) is 11.1 Å². The highest BCUT2D eigenvalue weighted by molar-refractivity contribution is 5.66. The van der Waals surface area contributed by atoms with Crippen molar-refractivity contribution in [2.75, 3.05) is 37.9 Å². The van der Waals surface area contributed by atoms with E-state index in [4.69, 9.17) is 9.47 Å². The molecule has 1 fully saturated rings. The summed E-state index contributed by atoms with van der Waals surface area (Å²) in [5.41, 5.74) is 4.09. The first-order valence-electron chi connectivity index (χ1n) is 10.3. The van der Waals surface area contributed by atoms with Crippen molar-refractivity contribution in [3.8, 4) is 28.7 Å². The lowest BCUT2D eigenvalue weighted by molar-refractivity contribution is -0.914. The number of hydrogen-bond donors (Lipinski definition) is 1. The number of pyridine rings is 1. The van der Waals surface area contributed by atoms with Crippen LogP contribution in [0.1, 0.15) is 11.1 Å². The van der Waals surface area contributed by atoms with Crippen LogP contribution in [-0.4, -0.2) is 33.0 Å². The molecule has 2 aliphatic rings. The standard InChI is InChI=1S/C24H22N4O2/c25-14-20-13-21(19-4-2-1-3-5-19)15-26-24(20)28-10-8-27(9-11-28)16-18-6-7-22-23(12-18)30-17-29-22/h1-7,12-13,15H,8-11,16-17H2/p+2. The first kappa shape index (κ1) is 18.5. The maximum atomic E-state index is 9.72. The van der Waals surface area contributed by atoms with Gasteiger partial charge in [0.25, 0.3) is 5.82 Å². The summed E-state index contributed by atoms with van der Waals surface area (Å²) < 4.78 is 10.9. The maximum Gasteiger partial charge on any atom is 0.292 e. The molecule has 0 unspecified atom stereocenters. The third kappa shape index (κ3) is 3.68. The van der Waals surface area contributed by atoms with Crippen LogP contribution >= 0.6 is 0 Å². The van der Waals surface area contributed by atoms with E-state index in [-0.39, 0.29) is 0 Å². The third-order valence-corrected chi connectivity index (χ3v) is 5.82. The zero-order valence-corrected chi connectivity index (χ0v) is 16.7. The second-order valence-corrected chi connectivity index (χ2v) is 7.73. The molecular weight excluding hydrogens is 376 g/mol. The number of piperazine rings is 1. The number of hydrogen-bond acceptors (Lipinski definition) is 4. The number of H-pyrrole nitrogens is 1. The molecule has 2 aliphatic heterocycles. The number of nitrogens with zero attached hydrogens (tertiary/aromatic N) is 2. The molecule has 1 aromatic heterocycles. The zero-order valence-electron chi connectivity index (χ0n) is 16.7. The van der Waals surface area contributed by atoms with Gasteiger partial charge in [0.05, 0.1) is 6.20 Å². The summed E-state index contributed by atoms with van der Waals surface area (Å²) in [6.07, 6.45) is 2.00. The molecule has 0 bridgehead atoms. The lowest BCUT2D eigenvalue weighted by Gasteiger charge is -2.28. The van der Waals surface area contributed by atoms with Crippen LogP contribution in [0.3, 0.4) is 0 Å². The van der Waals surface area contributed by atoms with Gasteiger partial charge in [0.2, 0.25) is 6.79 Å². The number of anilines is 1. The van der Waals surface area contributed by atoms with Crippen LogP contribution in [0.2, 0.25) is 0 Å². The molecule has 0 aliphatic carbocycles. The van der Waals surface area contributed by atoms with Crippen molar-refractivity contribution in [3.63, 3.8) is 0 Å². The van der Waals surface area contributed by atoms with Crippen LogP contribution in [0.25, 0.3) is 11.1 Å². The van der Waals surface area contributed by atoms with E-state index in [2.05, 4.69) is 40.2 Å². The number of nitrogens with one attached hydrogen (secondary N) is 2. The Morgan fingerprint density at radius 1 is 0.967 bits per heavy atom. The average Bonchev–Trinajstić information content (AvgIpc) is 3.28. The number of benzene rings is 2. The third-order valence-electron chi connectivity index (χ3n) is 5.82. The first-order valence-corrected chi connectivity index (χ1v) is 10.3. The number of aromatic amines is 1.